The minimum atomic E-state index is 0.129. The number of nitrogens with one attached hydrogen (secondary N) is 1. The predicted octanol–water partition coefficient (Wildman–Crippen LogP) is 4.62. The maximum atomic E-state index is 5.71. The van der Waals surface area contributed by atoms with Crippen LogP contribution < -0.4 is 19.5 Å². The molecule has 0 radical (unpaired) electrons. The van der Waals surface area contributed by atoms with Gasteiger partial charge in [0.2, 0.25) is 0 Å². The van der Waals surface area contributed by atoms with Gasteiger partial charge in [0.25, 0.3) is 0 Å². The summed E-state index contributed by atoms with van der Waals surface area (Å²) in [6.45, 7) is 1.58. The van der Waals surface area contributed by atoms with Crippen molar-refractivity contribution in [3.8, 4) is 17.2 Å². The second-order valence-electron chi connectivity index (χ2n) is 6.46. The zero-order valence-corrected chi connectivity index (χ0v) is 16.6. The van der Waals surface area contributed by atoms with E-state index in [0.29, 0.717) is 0 Å². The average Bonchev–Trinajstić information content (AvgIpc) is 3.28. The average molecular weight is 381 g/mol. The van der Waals surface area contributed by atoms with Crippen LogP contribution in [-0.2, 0) is 6.54 Å². The Labute approximate surface area is 166 Å². The van der Waals surface area contributed by atoms with E-state index in [1.54, 1.807) is 27.6 Å². The van der Waals surface area contributed by atoms with Crippen molar-refractivity contribution >= 4 is 0 Å². The molecule has 0 aliphatic rings. The maximum Gasteiger partial charge on any atom is 0.161 e. The van der Waals surface area contributed by atoms with Crippen molar-refractivity contribution in [2.45, 2.75) is 18.9 Å². The van der Waals surface area contributed by atoms with E-state index in [2.05, 4.69) is 11.4 Å². The van der Waals surface area contributed by atoms with Crippen LogP contribution in [0.1, 0.15) is 29.2 Å². The predicted molar refractivity (Wildman–Crippen MR) is 109 cm³/mol. The number of hydrogen-bond donors (Lipinski definition) is 1. The van der Waals surface area contributed by atoms with Gasteiger partial charge in [0.1, 0.15) is 11.5 Å². The fourth-order valence-electron chi connectivity index (χ4n) is 3.36. The molecule has 0 saturated carbocycles. The van der Waals surface area contributed by atoms with Gasteiger partial charge in [0.15, 0.2) is 11.5 Å². The molecule has 0 saturated heterocycles. The van der Waals surface area contributed by atoms with Gasteiger partial charge in [-0.05, 0) is 48.9 Å². The molecule has 0 amide bonds. The van der Waals surface area contributed by atoms with Gasteiger partial charge >= 0.3 is 0 Å². The first-order valence-corrected chi connectivity index (χ1v) is 9.34. The topological polar surface area (TPSA) is 52.9 Å². The highest BCUT2D eigenvalue weighted by Gasteiger charge is 2.20. The SMILES string of the molecule is COc1ccc(CNCCC(c2ccco2)c2ccccc2OC)cc1OC. The van der Waals surface area contributed by atoms with Crippen LogP contribution in [-0.4, -0.2) is 27.9 Å². The summed E-state index contributed by atoms with van der Waals surface area (Å²) in [5, 5.41) is 3.51. The zero-order valence-electron chi connectivity index (χ0n) is 16.6. The molecule has 3 rings (SSSR count). The van der Waals surface area contributed by atoms with Crippen molar-refractivity contribution in [3.05, 3.63) is 77.7 Å². The molecule has 1 aromatic heterocycles. The molecule has 5 nitrogen and oxygen atoms in total. The molecule has 0 bridgehead atoms. The van der Waals surface area contributed by atoms with Crippen LogP contribution in [0.25, 0.3) is 0 Å². The lowest BCUT2D eigenvalue weighted by atomic mass is 9.92. The number of hydrogen-bond acceptors (Lipinski definition) is 5. The Bertz CT molecular complexity index is 861. The Hall–Kier alpha value is -2.92. The summed E-state index contributed by atoms with van der Waals surface area (Å²) >= 11 is 0. The van der Waals surface area contributed by atoms with Crippen molar-refractivity contribution in [2.75, 3.05) is 27.9 Å². The van der Waals surface area contributed by atoms with Crippen molar-refractivity contribution in [1.29, 1.82) is 0 Å². The smallest absolute Gasteiger partial charge is 0.161 e. The van der Waals surface area contributed by atoms with Gasteiger partial charge in [0, 0.05) is 18.0 Å². The summed E-state index contributed by atoms with van der Waals surface area (Å²) in [6, 6.07) is 18.0. The van der Waals surface area contributed by atoms with Gasteiger partial charge in [-0.15, -0.1) is 0 Å². The first-order valence-electron chi connectivity index (χ1n) is 9.34. The number of para-hydroxylation sites is 1. The third-order valence-electron chi connectivity index (χ3n) is 4.79. The molecule has 148 valence electrons. The number of benzene rings is 2. The van der Waals surface area contributed by atoms with Crippen molar-refractivity contribution < 1.29 is 18.6 Å². The standard InChI is InChI=1S/C23H27NO4/c1-25-20-8-5-4-7-18(20)19(21-9-6-14-28-21)12-13-24-16-17-10-11-22(26-2)23(15-17)27-3/h4-11,14-15,19,24H,12-13,16H2,1-3H3. The van der Waals surface area contributed by atoms with E-state index in [1.165, 1.54) is 0 Å². The van der Waals surface area contributed by atoms with E-state index in [0.717, 1.165) is 53.6 Å². The highest BCUT2D eigenvalue weighted by atomic mass is 16.5. The molecule has 0 aliphatic heterocycles. The number of rotatable bonds is 10. The van der Waals surface area contributed by atoms with Crippen LogP contribution >= 0.6 is 0 Å². The number of methoxy groups -OCH3 is 3. The van der Waals surface area contributed by atoms with Gasteiger partial charge in [-0.3, -0.25) is 0 Å². The minimum absolute atomic E-state index is 0.129. The van der Waals surface area contributed by atoms with E-state index in [9.17, 15) is 0 Å². The first kappa shape index (κ1) is 19.8. The van der Waals surface area contributed by atoms with E-state index in [4.69, 9.17) is 18.6 Å². The monoisotopic (exact) mass is 381 g/mol. The Balaban J connectivity index is 1.65. The molecular formula is C23H27NO4. The highest BCUT2D eigenvalue weighted by molar-refractivity contribution is 5.43. The highest BCUT2D eigenvalue weighted by Crippen LogP contribution is 2.34. The van der Waals surface area contributed by atoms with Crippen LogP contribution in [0.15, 0.2) is 65.3 Å². The summed E-state index contributed by atoms with van der Waals surface area (Å²) in [5.74, 6) is 3.43. The second kappa shape index (κ2) is 9.85. The van der Waals surface area contributed by atoms with Crippen LogP contribution in [0.2, 0.25) is 0 Å². The molecule has 1 heterocycles. The molecule has 2 aromatic carbocycles. The molecule has 0 fully saturated rings. The lowest BCUT2D eigenvalue weighted by Gasteiger charge is -2.18. The molecule has 28 heavy (non-hydrogen) atoms. The summed E-state index contributed by atoms with van der Waals surface area (Å²) in [6.07, 6.45) is 2.61. The summed E-state index contributed by atoms with van der Waals surface area (Å²) in [5.41, 5.74) is 2.28. The largest absolute Gasteiger partial charge is 0.496 e. The van der Waals surface area contributed by atoms with Gasteiger partial charge in [0.05, 0.1) is 27.6 Å². The number of ether oxygens (including phenoxy) is 3. The normalized spacial score (nSPS) is 11.8. The Morgan fingerprint density at radius 3 is 2.36 bits per heavy atom. The van der Waals surface area contributed by atoms with Crippen LogP contribution in [0.3, 0.4) is 0 Å². The van der Waals surface area contributed by atoms with E-state index in [-0.39, 0.29) is 5.92 Å². The molecule has 1 atom stereocenters. The molecule has 0 spiro atoms. The molecule has 3 aromatic rings. The van der Waals surface area contributed by atoms with Crippen molar-refractivity contribution in [2.24, 2.45) is 0 Å². The van der Waals surface area contributed by atoms with Crippen molar-refractivity contribution in [1.82, 2.24) is 5.32 Å². The van der Waals surface area contributed by atoms with Gasteiger partial charge in [-0.25, -0.2) is 0 Å². The van der Waals surface area contributed by atoms with Gasteiger partial charge in [-0.1, -0.05) is 24.3 Å². The van der Waals surface area contributed by atoms with E-state index < -0.39 is 0 Å². The first-order chi connectivity index (χ1) is 13.8. The molecular weight excluding hydrogens is 354 g/mol. The molecule has 1 N–H and O–H groups in total. The van der Waals surface area contributed by atoms with E-state index in [1.807, 2.05) is 48.5 Å². The number of furan rings is 1. The van der Waals surface area contributed by atoms with Crippen LogP contribution in [0.5, 0.6) is 17.2 Å². The Morgan fingerprint density at radius 1 is 0.857 bits per heavy atom. The Kier molecular flexibility index (Phi) is 6.98. The summed E-state index contributed by atoms with van der Waals surface area (Å²) < 4.78 is 21.9. The second-order valence-corrected chi connectivity index (χ2v) is 6.46. The Morgan fingerprint density at radius 2 is 1.64 bits per heavy atom. The molecule has 5 heteroatoms. The van der Waals surface area contributed by atoms with Crippen molar-refractivity contribution in [3.63, 3.8) is 0 Å². The molecule has 1 unspecified atom stereocenters. The van der Waals surface area contributed by atoms with Gasteiger partial charge in [-0.2, -0.15) is 0 Å². The maximum absolute atomic E-state index is 5.71. The summed E-state index contributed by atoms with van der Waals surface area (Å²) in [7, 11) is 4.99. The molecule has 0 aliphatic carbocycles. The quantitative estimate of drug-likeness (QED) is 0.520. The fraction of sp³-hybridized carbons (Fsp3) is 0.304. The van der Waals surface area contributed by atoms with Gasteiger partial charge < -0.3 is 23.9 Å². The third kappa shape index (κ3) is 4.67. The lowest BCUT2D eigenvalue weighted by molar-refractivity contribution is 0.354. The fourth-order valence-corrected chi connectivity index (χ4v) is 3.36. The zero-order chi connectivity index (χ0) is 19.8. The minimum Gasteiger partial charge on any atom is -0.496 e. The summed E-state index contributed by atoms with van der Waals surface area (Å²) in [4.78, 5) is 0. The third-order valence-corrected chi connectivity index (χ3v) is 4.79. The van der Waals surface area contributed by atoms with Crippen LogP contribution in [0.4, 0.5) is 0 Å². The van der Waals surface area contributed by atoms with Crippen LogP contribution in [0, 0.1) is 0 Å². The lowest BCUT2D eigenvalue weighted by Crippen LogP contribution is -2.18. The van der Waals surface area contributed by atoms with E-state index >= 15 is 0 Å².